The molecule has 1 saturated heterocycles. The Morgan fingerprint density at radius 1 is 1.50 bits per heavy atom. The van der Waals surface area contributed by atoms with Crippen molar-refractivity contribution in [1.29, 1.82) is 0 Å². The number of aryl methyl sites for hydroxylation is 1. The molecule has 1 aliphatic heterocycles. The van der Waals surface area contributed by atoms with Crippen LogP contribution in [0.2, 0.25) is 0 Å². The summed E-state index contributed by atoms with van der Waals surface area (Å²) in [6, 6.07) is 0. The second kappa shape index (κ2) is 4.25. The molecule has 1 aromatic heterocycles. The van der Waals surface area contributed by atoms with Crippen LogP contribution in [0.25, 0.3) is 0 Å². The number of nitrogen functional groups attached to an aromatic ring is 1. The third-order valence-corrected chi connectivity index (χ3v) is 2.98. The summed E-state index contributed by atoms with van der Waals surface area (Å²) in [5.74, 6) is 2.18. The summed E-state index contributed by atoms with van der Waals surface area (Å²) in [4.78, 5) is 10.8. The lowest BCUT2D eigenvalue weighted by Crippen LogP contribution is -2.24. The summed E-state index contributed by atoms with van der Waals surface area (Å²) in [7, 11) is 0. The van der Waals surface area contributed by atoms with Crippen LogP contribution in [0.1, 0.15) is 24.7 Å². The molecule has 3 N–H and O–H groups in total. The van der Waals surface area contributed by atoms with E-state index in [0.29, 0.717) is 12.4 Å². The van der Waals surface area contributed by atoms with E-state index in [0.717, 1.165) is 36.6 Å². The van der Waals surface area contributed by atoms with E-state index in [1.165, 1.54) is 0 Å². The molecular formula is C11H18N4O. The molecule has 0 radical (unpaired) electrons. The van der Waals surface area contributed by atoms with Gasteiger partial charge in [0.15, 0.2) is 0 Å². The van der Waals surface area contributed by atoms with Crippen molar-refractivity contribution in [3.05, 3.63) is 11.4 Å². The number of nitrogens with zero attached hydrogens (tertiary/aromatic N) is 3. The van der Waals surface area contributed by atoms with Gasteiger partial charge >= 0.3 is 0 Å². The standard InChI is InChI=1S/C11H18N4O/c1-3-9-13-10(12)7(2)11(14-9)15-5-4-8(16)6-15/h8,16H,3-6H2,1-2H3,(H2,12,13,14). The minimum absolute atomic E-state index is 0.249. The molecule has 1 atom stereocenters. The summed E-state index contributed by atoms with van der Waals surface area (Å²) in [5.41, 5.74) is 6.77. The van der Waals surface area contributed by atoms with Crippen LogP contribution >= 0.6 is 0 Å². The van der Waals surface area contributed by atoms with E-state index in [2.05, 4.69) is 14.9 Å². The quantitative estimate of drug-likeness (QED) is 0.762. The van der Waals surface area contributed by atoms with E-state index < -0.39 is 0 Å². The van der Waals surface area contributed by atoms with E-state index in [-0.39, 0.29) is 6.10 Å². The molecule has 5 heteroatoms. The van der Waals surface area contributed by atoms with Crippen LogP contribution in [0.4, 0.5) is 11.6 Å². The minimum Gasteiger partial charge on any atom is -0.391 e. The number of hydrogen-bond acceptors (Lipinski definition) is 5. The number of hydrogen-bond donors (Lipinski definition) is 2. The lowest BCUT2D eigenvalue weighted by atomic mass is 10.3. The van der Waals surface area contributed by atoms with E-state index in [1.807, 2.05) is 13.8 Å². The Morgan fingerprint density at radius 2 is 2.25 bits per heavy atom. The molecule has 88 valence electrons. The second-order valence-electron chi connectivity index (χ2n) is 4.22. The van der Waals surface area contributed by atoms with Crippen molar-refractivity contribution in [2.24, 2.45) is 0 Å². The van der Waals surface area contributed by atoms with Crippen molar-refractivity contribution in [2.45, 2.75) is 32.8 Å². The maximum atomic E-state index is 9.53. The molecule has 1 aliphatic rings. The molecule has 2 rings (SSSR count). The topological polar surface area (TPSA) is 75.3 Å². The lowest BCUT2D eigenvalue weighted by molar-refractivity contribution is 0.198. The van der Waals surface area contributed by atoms with Gasteiger partial charge in [-0.3, -0.25) is 0 Å². The van der Waals surface area contributed by atoms with Crippen molar-refractivity contribution >= 4 is 11.6 Å². The van der Waals surface area contributed by atoms with Crippen LogP contribution in [-0.4, -0.2) is 34.3 Å². The molecule has 1 aromatic rings. The van der Waals surface area contributed by atoms with Crippen molar-refractivity contribution in [3.63, 3.8) is 0 Å². The van der Waals surface area contributed by atoms with Gasteiger partial charge < -0.3 is 15.7 Å². The van der Waals surface area contributed by atoms with Crippen LogP contribution in [-0.2, 0) is 6.42 Å². The molecule has 5 nitrogen and oxygen atoms in total. The van der Waals surface area contributed by atoms with Gasteiger partial charge in [-0.15, -0.1) is 0 Å². The zero-order chi connectivity index (χ0) is 11.7. The molecule has 0 saturated carbocycles. The van der Waals surface area contributed by atoms with Gasteiger partial charge in [-0.1, -0.05) is 6.92 Å². The summed E-state index contributed by atoms with van der Waals surface area (Å²) in [6.07, 6.45) is 1.32. The van der Waals surface area contributed by atoms with Gasteiger partial charge in [0, 0.05) is 25.1 Å². The summed E-state index contributed by atoms with van der Waals surface area (Å²) >= 11 is 0. The maximum absolute atomic E-state index is 9.53. The van der Waals surface area contributed by atoms with Crippen molar-refractivity contribution in [1.82, 2.24) is 9.97 Å². The van der Waals surface area contributed by atoms with Gasteiger partial charge in [0.05, 0.1) is 6.10 Å². The van der Waals surface area contributed by atoms with Crippen LogP contribution in [0.5, 0.6) is 0 Å². The normalized spacial score (nSPS) is 20.4. The fraction of sp³-hybridized carbons (Fsp3) is 0.636. The average molecular weight is 222 g/mol. The van der Waals surface area contributed by atoms with E-state index in [4.69, 9.17) is 5.73 Å². The number of aromatic nitrogens is 2. The largest absolute Gasteiger partial charge is 0.391 e. The van der Waals surface area contributed by atoms with Gasteiger partial charge in [0.25, 0.3) is 0 Å². The molecule has 16 heavy (non-hydrogen) atoms. The fourth-order valence-corrected chi connectivity index (χ4v) is 1.97. The van der Waals surface area contributed by atoms with Crippen LogP contribution in [0.3, 0.4) is 0 Å². The van der Waals surface area contributed by atoms with Crippen molar-refractivity contribution in [3.8, 4) is 0 Å². The maximum Gasteiger partial charge on any atom is 0.137 e. The first-order valence-electron chi connectivity index (χ1n) is 5.67. The highest BCUT2D eigenvalue weighted by molar-refractivity contribution is 5.57. The number of anilines is 2. The zero-order valence-electron chi connectivity index (χ0n) is 9.77. The number of nitrogens with two attached hydrogens (primary N) is 1. The molecule has 0 bridgehead atoms. The van der Waals surface area contributed by atoms with Gasteiger partial charge in [0.2, 0.25) is 0 Å². The van der Waals surface area contributed by atoms with Crippen LogP contribution in [0, 0.1) is 6.92 Å². The second-order valence-corrected chi connectivity index (χ2v) is 4.22. The highest BCUT2D eigenvalue weighted by atomic mass is 16.3. The molecule has 2 heterocycles. The third-order valence-electron chi connectivity index (χ3n) is 2.98. The van der Waals surface area contributed by atoms with Gasteiger partial charge in [-0.25, -0.2) is 9.97 Å². The lowest BCUT2D eigenvalue weighted by Gasteiger charge is -2.20. The Hall–Kier alpha value is -1.36. The molecular weight excluding hydrogens is 204 g/mol. The Morgan fingerprint density at radius 3 is 2.81 bits per heavy atom. The van der Waals surface area contributed by atoms with Gasteiger partial charge in [-0.05, 0) is 13.3 Å². The van der Waals surface area contributed by atoms with E-state index >= 15 is 0 Å². The Labute approximate surface area is 95.3 Å². The third kappa shape index (κ3) is 1.95. The molecule has 0 amide bonds. The van der Waals surface area contributed by atoms with E-state index in [1.54, 1.807) is 0 Å². The highest BCUT2D eigenvalue weighted by Crippen LogP contribution is 2.25. The van der Waals surface area contributed by atoms with E-state index in [9.17, 15) is 5.11 Å². The summed E-state index contributed by atoms with van der Waals surface area (Å²) in [6.45, 7) is 5.41. The highest BCUT2D eigenvalue weighted by Gasteiger charge is 2.23. The van der Waals surface area contributed by atoms with Gasteiger partial charge in [0.1, 0.15) is 17.5 Å². The Bertz CT molecular complexity index is 394. The minimum atomic E-state index is -0.249. The SMILES string of the molecule is CCc1nc(N)c(C)c(N2CCC(O)C2)n1. The smallest absolute Gasteiger partial charge is 0.137 e. The van der Waals surface area contributed by atoms with Crippen LogP contribution < -0.4 is 10.6 Å². The predicted molar refractivity (Wildman–Crippen MR) is 63.4 cm³/mol. The van der Waals surface area contributed by atoms with Crippen molar-refractivity contribution < 1.29 is 5.11 Å². The first kappa shape index (κ1) is 11.1. The van der Waals surface area contributed by atoms with Crippen molar-refractivity contribution in [2.75, 3.05) is 23.7 Å². The first-order chi connectivity index (χ1) is 7.61. The van der Waals surface area contributed by atoms with Gasteiger partial charge in [-0.2, -0.15) is 0 Å². The number of aliphatic hydroxyl groups is 1. The average Bonchev–Trinajstić information content (AvgIpc) is 2.68. The first-order valence-corrected chi connectivity index (χ1v) is 5.67. The van der Waals surface area contributed by atoms with Crippen LogP contribution in [0.15, 0.2) is 0 Å². The summed E-state index contributed by atoms with van der Waals surface area (Å²) in [5, 5.41) is 9.53. The fourth-order valence-electron chi connectivity index (χ4n) is 1.97. The molecule has 1 fully saturated rings. The Balaban J connectivity index is 2.35. The zero-order valence-corrected chi connectivity index (χ0v) is 9.77. The predicted octanol–water partition coefficient (Wildman–Crippen LogP) is 0.501. The number of rotatable bonds is 2. The number of β-amino-alcohol motifs (C(OH)–C–C–N with tert-alkyl or cyclic N) is 1. The molecule has 0 spiro atoms. The number of aliphatic hydroxyl groups excluding tert-OH is 1. The molecule has 1 unspecified atom stereocenters. The monoisotopic (exact) mass is 222 g/mol. The molecule has 0 aliphatic carbocycles. The molecule has 0 aromatic carbocycles. The Kier molecular flexibility index (Phi) is 2.96. The summed E-state index contributed by atoms with van der Waals surface area (Å²) < 4.78 is 0.